The molecule has 0 spiro atoms. The molecular weight excluding hydrogens is 328 g/mol. The summed E-state index contributed by atoms with van der Waals surface area (Å²) in [7, 11) is 0. The van der Waals surface area contributed by atoms with Crippen LogP contribution in [0.25, 0.3) is 11.0 Å². The molecule has 134 valence electrons. The van der Waals surface area contributed by atoms with Crippen LogP contribution in [0.3, 0.4) is 0 Å². The first-order valence-corrected chi connectivity index (χ1v) is 8.03. The first-order chi connectivity index (χ1) is 11.8. The lowest BCUT2D eigenvalue weighted by Gasteiger charge is -2.18. The van der Waals surface area contributed by atoms with Crippen molar-refractivity contribution in [3.63, 3.8) is 0 Å². The molecule has 0 saturated carbocycles. The van der Waals surface area contributed by atoms with E-state index in [0.717, 1.165) is 12.1 Å². The SMILES string of the molecule is CCCC(=O)c1c(O)cc2oc(=O)cc(C(CC)OC(C)=O)c2c1O. The zero-order valence-corrected chi connectivity index (χ0v) is 14.3. The van der Waals surface area contributed by atoms with Crippen LogP contribution in [0.1, 0.15) is 62.1 Å². The largest absolute Gasteiger partial charge is 0.507 e. The van der Waals surface area contributed by atoms with Crippen LogP contribution in [0, 0.1) is 0 Å². The van der Waals surface area contributed by atoms with Crippen molar-refractivity contribution in [1.82, 2.24) is 0 Å². The number of hydrogen-bond donors (Lipinski definition) is 2. The summed E-state index contributed by atoms with van der Waals surface area (Å²) in [6.07, 6.45) is 0.224. The minimum Gasteiger partial charge on any atom is -0.507 e. The fraction of sp³-hybridized carbons (Fsp3) is 0.389. The number of phenols is 2. The van der Waals surface area contributed by atoms with Gasteiger partial charge in [0.25, 0.3) is 0 Å². The number of phenolic OH excluding ortho intramolecular Hbond substituents is 2. The zero-order chi connectivity index (χ0) is 18.7. The molecule has 0 aliphatic heterocycles. The van der Waals surface area contributed by atoms with Crippen LogP contribution >= 0.6 is 0 Å². The maximum atomic E-state index is 12.2. The van der Waals surface area contributed by atoms with Gasteiger partial charge >= 0.3 is 11.6 Å². The first-order valence-electron chi connectivity index (χ1n) is 8.03. The summed E-state index contributed by atoms with van der Waals surface area (Å²) in [6.45, 7) is 4.78. The summed E-state index contributed by atoms with van der Waals surface area (Å²) in [5.41, 5.74) is -0.815. The predicted molar refractivity (Wildman–Crippen MR) is 89.9 cm³/mol. The quantitative estimate of drug-likeness (QED) is 0.468. The number of esters is 1. The third-order valence-electron chi connectivity index (χ3n) is 3.80. The van der Waals surface area contributed by atoms with Crippen LogP contribution in [0.15, 0.2) is 21.3 Å². The van der Waals surface area contributed by atoms with Crippen molar-refractivity contribution in [3.05, 3.63) is 33.7 Å². The van der Waals surface area contributed by atoms with E-state index in [2.05, 4.69) is 0 Å². The van der Waals surface area contributed by atoms with Gasteiger partial charge in [-0.2, -0.15) is 0 Å². The Balaban J connectivity index is 2.82. The number of carbonyl (C=O) groups is 2. The highest BCUT2D eigenvalue weighted by Crippen LogP contribution is 2.40. The molecule has 2 aromatic rings. The standard InChI is InChI=1S/C18H20O7/c1-4-6-11(20)17-12(21)8-14-16(18(17)23)10(7-15(22)25-14)13(5-2)24-9(3)19/h7-8,13,21,23H,4-6H2,1-3H3. The molecule has 2 N–H and O–H groups in total. The number of rotatable bonds is 6. The fourth-order valence-electron chi connectivity index (χ4n) is 2.78. The van der Waals surface area contributed by atoms with E-state index in [0.29, 0.717) is 12.8 Å². The van der Waals surface area contributed by atoms with Crippen molar-refractivity contribution in [1.29, 1.82) is 0 Å². The van der Waals surface area contributed by atoms with E-state index < -0.39 is 35.0 Å². The number of ketones is 1. The normalized spacial score (nSPS) is 12.1. The van der Waals surface area contributed by atoms with Gasteiger partial charge in [-0.3, -0.25) is 9.59 Å². The minimum absolute atomic E-state index is 0.0740. The van der Waals surface area contributed by atoms with Gasteiger partial charge in [0, 0.05) is 31.0 Å². The van der Waals surface area contributed by atoms with E-state index >= 15 is 0 Å². The summed E-state index contributed by atoms with van der Waals surface area (Å²) < 4.78 is 10.2. The minimum atomic E-state index is -0.798. The van der Waals surface area contributed by atoms with Crippen molar-refractivity contribution < 1.29 is 29.0 Å². The van der Waals surface area contributed by atoms with Gasteiger partial charge in [0.2, 0.25) is 0 Å². The Bertz CT molecular complexity index is 879. The van der Waals surface area contributed by atoms with Crippen LogP contribution in [-0.4, -0.2) is 22.0 Å². The number of hydrogen-bond acceptors (Lipinski definition) is 7. The third-order valence-corrected chi connectivity index (χ3v) is 3.80. The van der Waals surface area contributed by atoms with Crippen LogP contribution in [0.5, 0.6) is 11.5 Å². The monoisotopic (exact) mass is 348 g/mol. The van der Waals surface area contributed by atoms with Gasteiger partial charge < -0.3 is 19.4 Å². The smallest absolute Gasteiger partial charge is 0.336 e. The van der Waals surface area contributed by atoms with E-state index in [9.17, 15) is 24.6 Å². The van der Waals surface area contributed by atoms with Gasteiger partial charge in [0.05, 0.1) is 5.39 Å². The van der Waals surface area contributed by atoms with Crippen LogP contribution in [-0.2, 0) is 9.53 Å². The van der Waals surface area contributed by atoms with Crippen LogP contribution < -0.4 is 5.63 Å². The van der Waals surface area contributed by atoms with Crippen molar-refractivity contribution >= 4 is 22.7 Å². The van der Waals surface area contributed by atoms with Gasteiger partial charge in [-0.05, 0) is 12.8 Å². The molecule has 0 aliphatic carbocycles. The number of benzene rings is 1. The molecule has 25 heavy (non-hydrogen) atoms. The van der Waals surface area contributed by atoms with E-state index in [1.54, 1.807) is 13.8 Å². The number of ether oxygens (including phenoxy) is 1. The molecule has 0 aliphatic rings. The lowest BCUT2D eigenvalue weighted by atomic mass is 9.96. The lowest BCUT2D eigenvalue weighted by Crippen LogP contribution is -2.12. The van der Waals surface area contributed by atoms with Crippen molar-refractivity contribution in [2.45, 2.75) is 46.1 Å². The second-order valence-electron chi connectivity index (χ2n) is 5.69. The highest BCUT2D eigenvalue weighted by atomic mass is 16.5. The second kappa shape index (κ2) is 7.38. The molecule has 7 heteroatoms. The Morgan fingerprint density at radius 2 is 1.92 bits per heavy atom. The maximum Gasteiger partial charge on any atom is 0.336 e. The molecule has 7 nitrogen and oxygen atoms in total. The molecule has 0 radical (unpaired) electrons. The number of fused-ring (bicyclic) bond motifs is 1. The van der Waals surface area contributed by atoms with Crippen LogP contribution in [0.4, 0.5) is 0 Å². The zero-order valence-electron chi connectivity index (χ0n) is 14.3. The highest BCUT2D eigenvalue weighted by Gasteiger charge is 2.25. The number of carbonyl (C=O) groups excluding carboxylic acids is 2. The van der Waals surface area contributed by atoms with Gasteiger partial charge in [0.1, 0.15) is 28.7 Å². The summed E-state index contributed by atoms with van der Waals surface area (Å²) in [6, 6.07) is 2.23. The molecule has 1 unspecified atom stereocenters. The van der Waals surface area contributed by atoms with Crippen molar-refractivity contribution in [2.75, 3.05) is 0 Å². The van der Waals surface area contributed by atoms with E-state index in [1.165, 1.54) is 6.92 Å². The second-order valence-corrected chi connectivity index (χ2v) is 5.69. The Labute approximate surface area is 143 Å². The van der Waals surface area contributed by atoms with Gasteiger partial charge in [-0.1, -0.05) is 13.8 Å². The molecule has 0 amide bonds. The number of Topliss-reactive ketones (excluding diaryl/α,β-unsaturated/α-hetero) is 1. The summed E-state index contributed by atoms with van der Waals surface area (Å²) in [5, 5.41) is 20.7. The molecule has 0 saturated heterocycles. The molecule has 2 rings (SSSR count). The maximum absolute atomic E-state index is 12.2. The average molecular weight is 348 g/mol. The van der Waals surface area contributed by atoms with Gasteiger partial charge in [-0.25, -0.2) is 4.79 Å². The molecule has 0 fully saturated rings. The Hall–Kier alpha value is -2.83. The van der Waals surface area contributed by atoms with E-state index in [4.69, 9.17) is 9.15 Å². The van der Waals surface area contributed by atoms with Gasteiger partial charge in [-0.15, -0.1) is 0 Å². The summed E-state index contributed by atoms with van der Waals surface area (Å²) >= 11 is 0. The Kier molecular flexibility index (Phi) is 5.46. The fourth-order valence-corrected chi connectivity index (χ4v) is 2.78. The van der Waals surface area contributed by atoms with Crippen molar-refractivity contribution in [2.24, 2.45) is 0 Å². The van der Waals surface area contributed by atoms with Crippen molar-refractivity contribution in [3.8, 4) is 11.5 Å². The highest BCUT2D eigenvalue weighted by molar-refractivity contribution is 6.07. The average Bonchev–Trinajstić information content (AvgIpc) is 2.51. The first kappa shape index (κ1) is 18.5. The topological polar surface area (TPSA) is 114 Å². The molecule has 1 aromatic carbocycles. The van der Waals surface area contributed by atoms with Crippen LogP contribution in [0.2, 0.25) is 0 Å². The van der Waals surface area contributed by atoms with E-state index in [-0.39, 0.29) is 28.5 Å². The lowest BCUT2D eigenvalue weighted by molar-refractivity contribution is -0.146. The summed E-state index contributed by atoms with van der Waals surface area (Å²) in [4.78, 5) is 35.4. The Morgan fingerprint density at radius 3 is 2.48 bits per heavy atom. The Morgan fingerprint density at radius 1 is 1.24 bits per heavy atom. The molecule has 1 heterocycles. The van der Waals surface area contributed by atoms with Gasteiger partial charge in [0.15, 0.2) is 5.78 Å². The molecule has 1 atom stereocenters. The molecular formula is C18H20O7. The number of aromatic hydroxyl groups is 2. The van der Waals surface area contributed by atoms with E-state index in [1.807, 2.05) is 0 Å². The predicted octanol–water partition coefficient (Wildman–Crippen LogP) is 3.20. The third kappa shape index (κ3) is 3.65. The summed E-state index contributed by atoms with van der Waals surface area (Å²) in [5.74, 6) is -1.94. The molecule has 1 aromatic heterocycles. The molecule has 0 bridgehead atoms.